The van der Waals surface area contributed by atoms with Crippen molar-refractivity contribution in [2.24, 2.45) is 5.92 Å². The third-order valence-electron chi connectivity index (χ3n) is 4.71. The lowest BCUT2D eigenvalue weighted by atomic mass is 9.95. The number of nitrogens with one attached hydrogen (secondary N) is 1. The van der Waals surface area contributed by atoms with E-state index in [0.717, 1.165) is 18.9 Å². The highest BCUT2D eigenvalue weighted by Crippen LogP contribution is 2.25. The van der Waals surface area contributed by atoms with Crippen molar-refractivity contribution < 1.29 is 5.11 Å². The Balaban J connectivity index is 2.42. The van der Waals surface area contributed by atoms with E-state index in [2.05, 4.69) is 44.8 Å². The molecule has 0 radical (unpaired) electrons. The first kappa shape index (κ1) is 18.9. The van der Waals surface area contributed by atoms with Crippen LogP contribution in [0.5, 0.6) is 0 Å². The van der Waals surface area contributed by atoms with Gasteiger partial charge in [-0.1, -0.05) is 27.7 Å². The van der Waals surface area contributed by atoms with Crippen LogP contribution in [0.1, 0.15) is 73.1 Å². The molecular formula is C18H38N2O. The van der Waals surface area contributed by atoms with Gasteiger partial charge in [-0.15, -0.1) is 0 Å². The quantitative estimate of drug-likeness (QED) is 0.579. The summed E-state index contributed by atoms with van der Waals surface area (Å²) in [5, 5.41) is 13.3. The van der Waals surface area contributed by atoms with E-state index in [9.17, 15) is 5.11 Å². The van der Waals surface area contributed by atoms with Crippen molar-refractivity contribution in [2.75, 3.05) is 19.7 Å². The molecule has 1 aliphatic rings. The molecule has 1 unspecified atom stereocenters. The predicted molar refractivity (Wildman–Crippen MR) is 91.7 cm³/mol. The molecular weight excluding hydrogens is 260 g/mol. The molecule has 3 heteroatoms. The zero-order chi connectivity index (χ0) is 15.9. The molecule has 0 aromatic carbocycles. The zero-order valence-electron chi connectivity index (χ0n) is 15.0. The second kappa shape index (κ2) is 9.12. The van der Waals surface area contributed by atoms with Crippen molar-refractivity contribution in [2.45, 2.75) is 90.8 Å². The molecule has 1 aliphatic carbocycles. The maximum atomic E-state index is 9.70. The van der Waals surface area contributed by atoms with E-state index in [-0.39, 0.29) is 12.1 Å². The van der Waals surface area contributed by atoms with E-state index < -0.39 is 0 Å². The van der Waals surface area contributed by atoms with Crippen LogP contribution in [-0.4, -0.2) is 47.3 Å². The van der Waals surface area contributed by atoms with Gasteiger partial charge < -0.3 is 15.3 Å². The molecule has 0 heterocycles. The topological polar surface area (TPSA) is 35.5 Å². The third-order valence-corrected chi connectivity index (χ3v) is 4.71. The summed E-state index contributed by atoms with van der Waals surface area (Å²) < 4.78 is 0. The average molecular weight is 299 g/mol. The van der Waals surface area contributed by atoms with Crippen LogP contribution >= 0.6 is 0 Å². The van der Waals surface area contributed by atoms with Crippen molar-refractivity contribution in [3.8, 4) is 0 Å². The Morgan fingerprint density at radius 3 is 2.29 bits per heavy atom. The molecule has 2 N–H and O–H groups in total. The Labute approximate surface area is 132 Å². The molecule has 126 valence electrons. The van der Waals surface area contributed by atoms with Crippen LogP contribution in [0.3, 0.4) is 0 Å². The lowest BCUT2D eigenvalue weighted by Crippen LogP contribution is -2.47. The van der Waals surface area contributed by atoms with Gasteiger partial charge in [0, 0.05) is 24.2 Å². The van der Waals surface area contributed by atoms with Crippen LogP contribution in [0.4, 0.5) is 0 Å². The van der Waals surface area contributed by atoms with E-state index >= 15 is 0 Å². The number of hydrogen-bond donors (Lipinski definition) is 2. The summed E-state index contributed by atoms with van der Waals surface area (Å²) in [6.45, 7) is 14.0. The van der Waals surface area contributed by atoms with Gasteiger partial charge in [-0.3, -0.25) is 0 Å². The van der Waals surface area contributed by atoms with E-state index in [0.29, 0.717) is 12.1 Å². The van der Waals surface area contributed by atoms with Gasteiger partial charge >= 0.3 is 0 Å². The van der Waals surface area contributed by atoms with E-state index in [1.54, 1.807) is 0 Å². The summed E-state index contributed by atoms with van der Waals surface area (Å²) in [6.07, 6.45) is 7.27. The van der Waals surface area contributed by atoms with Gasteiger partial charge in [0.25, 0.3) is 0 Å². The maximum absolute atomic E-state index is 9.70. The second-order valence-electron chi connectivity index (χ2n) is 7.60. The second-order valence-corrected chi connectivity index (χ2v) is 7.60. The van der Waals surface area contributed by atoms with Gasteiger partial charge in [-0.25, -0.2) is 0 Å². The van der Waals surface area contributed by atoms with Gasteiger partial charge in [0.05, 0.1) is 6.61 Å². The van der Waals surface area contributed by atoms with Crippen LogP contribution in [-0.2, 0) is 0 Å². The van der Waals surface area contributed by atoms with E-state index in [4.69, 9.17) is 0 Å². The minimum atomic E-state index is -0.0847. The monoisotopic (exact) mass is 298 g/mol. The van der Waals surface area contributed by atoms with Gasteiger partial charge in [0.1, 0.15) is 0 Å². The largest absolute Gasteiger partial charge is 0.394 e. The zero-order valence-corrected chi connectivity index (χ0v) is 15.0. The number of aliphatic hydroxyl groups is 1. The van der Waals surface area contributed by atoms with Crippen LogP contribution in [0, 0.1) is 5.92 Å². The first-order chi connectivity index (χ1) is 9.94. The Bertz CT molecular complexity index is 274. The van der Waals surface area contributed by atoms with Crippen molar-refractivity contribution in [3.05, 3.63) is 0 Å². The van der Waals surface area contributed by atoms with Crippen LogP contribution < -0.4 is 5.32 Å². The molecule has 21 heavy (non-hydrogen) atoms. The number of rotatable bonds is 12. The Morgan fingerprint density at radius 2 is 1.86 bits per heavy atom. The molecule has 0 bridgehead atoms. The SMILES string of the molecule is CCC(CC)N(CCCC(C)(CO)NC1CC1)CC(C)C. The summed E-state index contributed by atoms with van der Waals surface area (Å²) in [5.74, 6) is 0.722. The van der Waals surface area contributed by atoms with Crippen LogP contribution in [0.25, 0.3) is 0 Å². The maximum Gasteiger partial charge on any atom is 0.0610 e. The fourth-order valence-electron chi connectivity index (χ4n) is 3.29. The Kier molecular flexibility index (Phi) is 8.22. The first-order valence-corrected chi connectivity index (χ1v) is 9.06. The Morgan fingerprint density at radius 1 is 1.24 bits per heavy atom. The number of nitrogens with zero attached hydrogens (tertiary/aromatic N) is 1. The fourth-order valence-corrected chi connectivity index (χ4v) is 3.29. The van der Waals surface area contributed by atoms with Crippen molar-refractivity contribution in [1.29, 1.82) is 0 Å². The molecule has 1 fully saturated rings. The third kappa shape index (κ3) is 7.12. The van der Waals surface area contributed by atoms with Crippen molar-refractivity contribution >= 4 is 0 Å². The first-order valence-electron chi connectivity index (χ1n) is 9.06. The summed E-state index contributed by atoms with van der Waals surface area (Å²) in [5.41, 5.74) is -0.0847. The predicted octanol–water partition coefficient (Wildman–Crippen LogP) is 3.42. The molecule has 1 saturated carbocycles. The van der Waals surface area contributed by atoms with E-state index in [1.807, 2.05) is 0 Å². The molecule has 0 aromatic rings. The van der Waals surface area contributed by atoms with Gasteiger partial charge in [-0.05, 0) is 57.9 Å². The molecule has 1 atom stereocenters. The number of aliphatic hydroxyl groups excluding tert-OH is 1. The lowest BCUT2D eigenvalue weighted by Gasteiger charge is -2.34. The highest BCUT2D eigenvalue weighted by Gasteiger charge is 2.31. The summed E-state index contributed by atoms with van der Waals surface area (Å²) in [7, 11) is 0. The molecule has 0 spiro atoms. The summed E-state index contributed by atoms with van der Waals surface area (Å²) >= 11 is 0. The lowest BCUT2D eigenvalue weighted by molar-refractivity contribution is 0.134. The Hall–Kier alpha value is -0.120. The molecule has 0 saturated heterocycles. The minimum absolute atomic E-state index is 0.0847. The molecule has 3 nitrogen and oxygen atoms in total. The summed E-state index contributed by atoms with van der Waals surface area (Å²) in [6, 6.07) is 1.37. The summed E-state index contributed by atoms with van der Waals surface area (Å²) in [4.78, 5) is 2.67. The van der Waals surface area contributed by atoms with Crippen LogP contribution in [0.2, 0.25) is 0 Å². The smallest absolute Gasteiger partial charge is 0.0610 e. The van der Waals surface area contributed by atoms with Gasteiger partial charge in [0.15, 0.2) is 0 Å². The molecule has 0 aliphatic heterocycles. The fraction of sp³-hybridized carbons (Fsp3) is 1.00. The highest BCUT2D eigenvalue weighted by atomic mass is 16.3. The minimum Gasteiger partial charge on any atom is -0.394 e. The molecule has 0 aromatic heterocycles. The highest BCUT2D eigenvalue weighted by molar-refractivity contribution is 4.92. The number of hydrogen-bond acceptors (Lipinski definition) is 3. The standard InChI is InChI=1S/C18H38N2O/c1-6-17(7-2)20(13-15(3)4)12-8-11-18(5,14-21)19-16-9-10-16/h15-17,19,21H,6-14H2,1-5H3. The van der Waals surface area contributed by atoms with Crippen molar-refractivity contribution in [1.82, 2.24) is 10.2 Å². The molecule has 1 rings (SSSR count). The molecule has 0 amide bonds. The van der Waals surface area contributed by atoms with Crippen LogP contribution in [0.15, 0.2) is 0 Å². The van der Waals surface area contributed by atoms with Crippen molar-refractivity contribution in [3.63, 3.8) is 0 Å². The average Bonchev–Trinajstić information content (AvgIpc) is 3.23. The van der Waals surface area contributed by atoms with Gasteiger partial charge in [-0.2, -0.15) is 0 Å². The normalized spacial score (nSPS) is 18.7. The van der Waals surface area contributed by atoms with E-state index in [1.165, 1.54) is 38.6 Å². The van der Waals surface area contributed by atoms with Gasteiger partial charge in [0.2, 0.25) is 0 Å².